The zero-order valence-corrected chi connectivity index (χ0v) is 7.97. The highest BCUT2D eigenvalue weighted by atomic mass is 16.5. The van der Waals surface area contributed by atoms with Crippen LogP contribution in [0.4, 0.5) is 0 Å². The monoisotopic (exact) mass is 198 g/mol. The summed E-state index contributed by atoms with van der Waals surface area (Å²) in [6.07, 6.45) is 1.59. The first kappa shape index (κ1) is 10.5. The predicted molar refractivity (Wildman–Crippen MR) is 50.8 cm³/mol. The van der Waals surface area contributed by atoms with Crippen molar-refractivity contribution in [2.45, 2.75) is 13.5 Å². The molecule has 0 saturated carbocycles. The molecule has 0 aliphatic carbocycles. The Morgan fingerprint density at radius 1 is 1.86 bits per heavy atom. The number of nitrogens with one attached hydrogen (secondary N) is 1. The number of nitrogens with two attached hydrogens (primary N) is 1. The van der Waals surface area contributed by atoms with Gasteiger partial charge >= 0.3 is 0 Å². The molecule has 1 aromatic rings. The van der Waals surface area contributed by atoms with E-state index >= 15 is 0 Å². The van der Waals surface area contributed by atoms with Crippen molar-refractivity contribution in [1.29, 1.82) is 0 Å². The summed E-state index contributed by atoms with van der Waals surface area (Å²) < 4.78 is 4.88. The minimum absolute atomic E-state index is 0.0112. The van der Waals surface area contributed by atoms with E-state index in [0.29, 0.717) is 13.1 Å². The van der Waals surface area contributed by atoms with Crippen LogP contribution in [-0.4, -0.2) is 22.7 Å². The maximum Gasteiger partial charge on any atom is 0.150 e. The normalized spacial score (nSPS) is 14.2. The van der Waals surface area contributed by atoms with Gasteiger partial charge in [0.15, 0.2) is 0 Å². The molecule has 0 aliphatic heterocycles. The molecule has 0 amide bonds. The van der Waals surface area contributed by atoms with E-state index in [4.69, 9.17) is 15.5 Å². The minimum atomic E-state index is -0.0112. The van der Waals surface area contributed by atoms with E-state index in [1.807, 2.05) is 6.92 Å². The average Bonchev–Trinajstić information content (AvgIpc) is 2.69. The van der Waals surface area contributed by atoms with Crippen molar-refractivity contribution in [1.82, 2.24) is 10.5 Å². The van der Waals surface area contributed by atoms with Gasteiger partial charge in [-0.1, -0.05) is 17.2 Å². The van der Waals surface area contributed by atoms with Crippen LogP contribution in [0.25, 0.3) is 0 Å². The molecule has 6 heteroatoms. The van der Waals surface area contributed by atoms with Crippen molar-refractivity contribution in [3.05, 3.63) is 18.0 Å². The molecule has 1 heterocycles. The van der Waals surface area contributed by atoms with E-state index in [-0.39, 0.29) is 11.8 Å². The third-order valence-electron chi connectivity index (χ3n) is 1.86. The van der Waals surface area contributed by atoms with Crippen LogP contribution in [0.15, 0.2) is 21.9 Å². The molecule has 0 radical (unpaired) electrons. The molecule has 1 aromatic heterocycles. The molecule has 0 aromatic carbocycles. The topological polar surface area (TPSA) is 96.7 Å². The summed E-state index contributed by atoms with van der Waals surface area (Å²) in [5.41, 5.74) is 5.40. The molecule has 1 rings (SSSR count). The van der Waals surface area contributed by atoms with Gasteiger partial charge in [0, 0.05) is 18.5 Å². The van der Waals surface area contributed by atoms with Crippen LogP contribution >= 0.6 is 0 Å². The van der Waals surface area contributed by atoms with E-state index in [1.54, 1.807) is 12.3 Å². The molecule has 0 fully saturated rings. The molecular formula is C8H14N4O2. The number of rotatable bonds is 5. The zero-order valence-electron chi connectivity index (χ0n) is 7.97. The molecule has 14 heavy (non-hydrogen) atoms. The molecule has 6 nitrogen and oxygen atoms in total. The van der Waals surface area contributed by atoms with Crippen LogP contribution in [0.5, 0.6) is 0 Å². The van der Waals surface area contributed by atoms with Gasteiger partial charge in [-0.05, 0) is 0 Å². The Kier molecular flexibility index (Phi) is 3.93. The molecular weight excluding hydrogens is 184 g/mol. The van der Waals surface area contributed by atoms with Gasteiger partial charge in [-0.3, -0.25) is 0 Å². The fraction of sp³-hybridized carbons (Fsp3) is 0.500. The highest BCUT2D eigenvalue weighted by molar-refractivity contribution is 5.82. The van der Waals surface area contributed by atoms with Crippen molar-refractivity contribution in [2.75, 3.05) is 6.54 Å². The van der Waals surface area contributed by atoms with Crippen LogP contribution < -0.4 is 11.1 Å². The summed E-state index contributed by atoms with van der Waals surface area (Å²) in [5.74, 6) is 0.967. The first-order chi connectivity index (χ1) is 6.74. The summed E-state index contributed by atoms with van der Waals surface area (Å²) >= 11 is 0. The summed E-state index contributed by atoms with van der Waals surface area (Å²) in [6, 6.07) is 1.78. The van der Waals surface area contributed by atoms with Gasteiger partial charge in [0.25, 0.3) is 0 Å². The quantitative estimate of drug-likeness (QED) is 0.271. The number of hydrogen-bond donors (Lipinski definition) is 3. The van der Waals surface area contributed by atoms with Crippen LogP contribution in [0.3, 0.4) is 0 Å². The van der Waals surface area contributed by atoms with Gasteiger partial charge in [0.05, 0.1) is 12.7 Å². The summed E-state index contributed by atoms with van der Waals surface area (Å²) in [4.78, 5) is 0. The van der Waals surface area contributed by atoms with E-state index in [1.165, 1.54) is 0 Å². The second-order valence-corrected chi connectivity index (χ2v) is 3.04. The van der Waals surface area contributed by atoms with Gasteiger partial charge in [-0.25, -0.2) is 0 Å². The smallest absolute Gasteiger partial charge is 0.150 e. The Morgan fingerprint density at radius 2 is 2.64 bits per heavy atom. The Bertz CT molecular complexity index is 284. The molecule has 0 bridgehead atoms. The molecule has 78 valence electrons. The Balaban J connectivity index is 2.22. The third-order valence-corrected chi connectivity index (χ3v) is 1.86. The average molecular weight is 198 g/mol. The van der Waals surface area contributed by atoms with Crippen LogP contribution in [0, 0.1) is 5.92 Å². The molecule has 0 aliphatic rings. The highest BCUT2D eigenvalue weighted by Crippen LogP contribution is 1.97. The number of amidine groups is 1. The van der Waals surface area contributed by atoms with Crippen molar-refractivity contribution >= 4 is 5.84 Å². The van der Waals surface area contributed by atoms with Crippen LogP contribution in [0.2, 0.25) is 0 Å². The molecule has 1 atom stereocenters. The Morgan fingerprint density at radius 3 is 3.21 bits per heavy atom. The number of nitrogens with zero attached hydrogens (tertiary/aromatic N) is 2. The number of hydrogen-bond acceptors (Lipinski definition) is 5. The van der Waals surface area contributed by atoms with Crippen molar-refractivity contribution in [3.8, 4) is 0 Å². The fourth-order valence-corrected chi connectivity index (χ4v) is 0.948. The fourth-order valence-electron chi connectivity index (χ4n) is 0.948. The highest BCUT2D eigenvalue weighted by Gasteiger charge is 2.06. The zero-order chi connectivity index (χ0) is 10.4. The van der Waals surface area contributed by atoms with E-state index in [9.17, 15) is 0 Å². The molecule has 1 unspecified atom stereocenters. The Hall–Kier alpha value is -1.56. The van der Waals surface area contributed by atoms with Crippen molar-refractivity contribution in [3.63, 3.8) is 0 Å². The van der Waals surface area contributed by atoms with Crippen LogP contribution in [-0.2, 0) is 6.54 Å². The SMILES string of the molecule is CC(CNCc1ccno1)C(N)=NO. The van der Waals surface area contributed by atoms with Gasteiger partial charge in [-0.2, -0.15) is 0 Å². The van der Waals surface area contributed by atoms with E-state index in [2.05, 4.69) is 15.6 Å². The second-order valence-electron chi connectivity index (χ2n) is 3.04. The number of oxime groups is 1. The van der Waals surface area contributed by atoms with E-state index in [0.717, 1.165) is 5.76 Å². The van der Waals surface area contributed by atoms with Gasteiger partial charge in [0.1, 0.15) is 11.6 Å². The Labute approximate surface area is 81.8 Å². The minimum Gasteiger partial charge on any atom is -0.409 e. The predicted octanol–water partition coefficient (Wildman–Crippen LogP) is 0.147. The lowest BCUT2D eigenvalue weighted by molar-refractivity contribution is 0.313. The molecule has 0 spiro atoms. The summed E-state index contributed by atoms with van der Waals surface area (Å²) in [5, 5.41) is 18.0. The van der Waals surface area contributed by atoms with Crippen LogP contribution in [0.1, 0.15) is 12.7 Å². The first-order valence-corrected chi connectivity index (χ1v) is 4.31. The van der Waals surface area contributed by atoms with Gasteiger partial charge in [-0.15, -0.1) is 0 Å². The first-order valence-electron chi connectivity index (χ1n) is 4.31. The summed E-state index contributed by atoms with van der Waals surface area (Å²) in [7, 11) is 0. The van der Waals surface area contributed by atoms with Gasteiger partial charge < -0.3 is 20.8 Å². The summed E-state index contributed by atoms with van der Waals surface area (Å²) in [6.45, 7) is 3.07. The van der Waals surface area contributed by atoms with Crippen molar-refractivity contribution < 1.29 is 9.73 Å². The lowest BCUT2D eigenvalue weighted by Gasteiger charge is -2.09. The van der Waals surface area contributed by atoms with Gasteiger partial charge in [0.2, 0.25) is 0 Å². The third kappa shape index (κ3) is 3.06. The molecule has 4 N–H and O–H groups in total. The van der Waals surface area contributed by atoms with Crippen molar-refractivity contribution in [2.24, 2.45) is 16.8 Å². The number of aromatic nitrogens is 1. The van der Waals surface area contributed by atoms with E-state index < -0.39 is 0 Å². The lowest BCUT2D eigenvalue weighted by Crippen LogP contribution is -2.30. The standard InChI is InChI=1S/C8H14N4O2/c1-6(8(9)12-13)4-10-5-7-2-3-11-14-7/h2-3,6,10,13H,4-5H2,1H3,(H2,9,12). The molecule has 0 saturated heterocycles. The maximum atomic E-state index is 8.40. The lowest BCUT2D eigenvalue weighted by atomic mass is 10.1. The largest absolute Gasteiger partial charge is 0.409 e. The maximum absolute atomic E-state index is 8.40. The second kappa shape index (κ2) is 5.23.